The third-order valence-corrected chi connectivity index (χ3v) is 11.3. The van der Waals surface area contributed by atoms with E-state index in [9.17, 15) is 9.59 Å². The van der Waals surface area contributed by atoms with Gasteiger partial charge in [-0.25, -0.2) is 0 Å². The highest BCUT2D eigenvalue weighted by atomic mass is 16.5. The van der Waals surface area contributed by atoms with E-state index in [-0.39, 0.29) is 42.7 Å². The van der Waals surface area contributed by atoms with Gasteiger partial charge in [0, 0.05) is 6.42 Å². The van der Waals surface area contributed by atoms with Crippen LogP contribution in [0.1, 0.15) is 98.8 Å². The SMILES string of the molecule is CC(C)CCC(OC(=O)CN)[C@@H](C)C1CCC2C3CC=C4CC(OC(=O)CN)CCC4(C)C3CCC21C. The van der Waals surface area contributed by atoms with Crippen LogP contribution in [0.2, 0.25) is 0 Å². The molecular weight excluding hydrogens is 464 g/mol. The number of ether oxygens (including phenoxy) is 2. The summed E-state index contributed by atoms with van der Waals surface area (Å²) >= 11 is 0. The Labute approximate surface area is 224 Å². The molecule has 4 rings (SSSR count). The molecule has 0 aromatic rings. The van der Waals surface area contributed by atoms with Gasteiger partial charge in [0.15, 0.2) is 0 Å². The topological polar surface area (TPSA) is 105 Å². The molecule has 37 heavy (non-hydrogen) atoms. The zero-order valence-corrected chi connectivity index (χ0v) is 24.0. The van der Waals surface area contributed by atoms with E-state index in [4.69, 9.17) is 20.9 Å². The van der Waals surface area contributed by atoms with E-state index in [1.54, 1.807) is 0 Å². The Hall–Kier alpha value is -1.40. The summed E-state index contributed by atoms with van der Waals surface area (Å²) in [7, 11) is 0. The minimum absolute atomic E-state index is 0.0171. The lowest BCUT2D eigenvalue weighted by atomic mass is 9.47. The lowest BCUT2D eigenvalue weighted by molar-refractivity contribution is -0.153. The Balaban J connectivity index is 1.50. The van der Waals surface area contributed by atoms with Crippen molar-refractivity contribution in [3.05, 3.63) is 11.6 Å². The van der Waals surface area contributed by atoms with Crippen LogP contribution in [0.3, 0.4) is 0 Å². The Morgan fingerprint density at radius 1 is 0.973 bits per heavy atom. The monoisotopic (exact) mass is 516 g/mol. The first-order valence-electron chi connectivity index (χ1n) is 15.0. The van der Waals surface area contributed by atoms with Crippen molar-refractivity contribution >= 4 is 11.9 Å². The van der Waals surface area contributed by atoms with E-state index in [0.717, 1.165) is 44.4 Å². The molecule has 0 aromatic heterocycles. The van der Waals surface area contributed by atoms with Crippen molar-refractivity contribution in [1.82, 2.24) is 0 Å². The normalized spacial score (nSPS) is 38.6. The molecule has 4 aliphatic rings. The van der Waals surface area contributed by atoms with Crippen LogP contribution >= 0.6 is 0 Å². The number of hydrogen-bond acceptors (Lipinski definition) is 6. The van der Waals surface area contributed by atoms with Gasteiger partial charge in [-0.2, -0.15) is 0 Å². The second kappa shape index (κ2) is 11.4. The first-order chi connectivity index (χ1) is 17.5. The van der Waals surface area contributed by atoms with Gasteiger partial charge in [-0.05, 0) is 104 Å². The van der Waals surface area contributed by atoms with Crippen LogP contribution in [-0.4, -0.2) is 37.2 Å². The predicted molar refractivity (Wildman–Crippen MR) is 146 cm³/mol. The van der Waals surface area contributed by atoms with Gasteiger partial charge < -0.3 is 20.9 Å². The Morgan fingerprint density at radius 3 is 2.38 bits per heavy atom. The van der Waals surface area contributed by atoms with Crippen molar-refractivity contribution in [2.24, 2.45) is 57.8 Å². The number of hydrogen-bond donors (Lipinski definition) is 2. The van der Waals surface area contributed by atoms with Gasteiger partial charge in [-0.1, -0.05) is 46.3 Å². The average molecular weight is 517 g/mol. The van der Waals surface area contributed by atoms with Gasteiger partial charge in [0.25, 0.3) is 0 Å². The molecule has 6 heteroatoms. The fraction of sp³-hybridized carbons (Fsp3) is 0.871. The van der Waals surface area contributed by atoms with E-state index >= 15 is 0 Å². The van der Waals surface area contributed by atoms with Crippen molar-refractivity contribution < 1.29 is 19.1 Å². The van der Waals surface area contributed by atoms with Crippen molar-refractivity contribution in [2.45, 2.75) is 111 Å². The second-order valence-electron chi connectivity index (χ2n) is 13.6. The van der Waals surface area contributed by atoms with E-state index in [0.29, 0.717) is 35.0 Å². The van der Waals surface area contributed by atoms with Gasteiger partial charge in [0.2, 0.25) is 0 Å². The molecule has 0 saturated heterocycles. The number of allylic oxidation sites excluding steroid dienone is 1. The number of fused-ring (bicyclic) bond motifs is 5. The molecule has 0 heterocycles. The largest absolute Gasteiger partial charge is 0.461 e. The minimum atomic E-state index is -0.286. The molecule has 0 amide bonds. The molecule has 210 valence electrons. The third kappa shape index (κ3) is 5.52. The molecule has 3 saturated carbocycles. The predicted octanol–water partition coefficient (Wildman–Crippen LogP) is 5.38. The summed E-state index contributed by atoms with van der Waals surface area (Å²) in [6, 6.07) is 0. The highest BCUT2D eigenvalue weighted by Crippen LogP contribution is 2.67. The molecule has 0 aliphatic heterocycles. The summed E-state index contributed by atoms with van der Waals surface area (Å²) in [5, 5.41) is 0. The van der Waals surface area contributed by atoms with E-state index in [1.165, 1.54) is 31.3 Å². The van der Waals surface area contributed by atoms with Crippen LogP contribution in [0.15, 0.2) is 11.6 Å². The minimum Gasteiger partial charge on any atom is -0.461 e. The number of nitrogens with two attached hydrogens (primary N) is 2. The van der Waals surface area contributed by atoms with Crippen molar-refractivity contribution in [3.8, 4) is 0 Å². The molecule has 4 N–H and O–H groups in total. The maximum atomic E-state index is 12.2. The fourth-order valence-corrected chi connectivity index (χ4v) is 9.27. The van der Waals surface area contributed by atoms with Crippen LogP contribution < -0.4 is 11.5 Å². The van der Waals surface area contributed by atoms with Crippen molar-refractivity contribution in [2.75, 3.05) is 13.1 Å². The van der Waals surface area contributed by atoms with Crippen LogP contribution in [0.4, 0.5) is 0 Å². The maximum absolute atomic E-state index is 12.2. The molecule has 0 bridgehead atoms. The first-order valence-corrected chi connectivity index (χ1v) is 15.0. The molecular formula is C31H52N2O4. The first kappa shape index (κ1) is 28.6. The molecule has 0 spiro atoms. The zero-order valence-electron chi connectivity index (χ0n) is 24.0. The third-order valence-electron chi connectivity index (χ3n) is 11.3. The van der Waals surface area contributed by atoms with Gasteiger partial charge >= 0.3 is 11.9 Å². The number of esters is 2. The number of carbonyl (C=O) groups excluding carboxylic acids is 2. The molecule has 9 atom stereocenters. The summed E-state index contributed by atoms with van der Waals surface area (Å²) in [5.41, 5.74) is 13.1. The summed E-state index contributed by atoms with van der Waals surface area (Å²) in [6.45, 7) is 11.8. The second-order valence-corrected chi connectivity index (χ2v) is 13.6. The summed E-state index contributed by atoms with van der Waals surface area (Å²) in [4.78, 5) is 24.0. The lowest BCUT2D eigenvalue weighted by Crippen LogP contribution is -2.51. The van der Waals surface area contributed by atoms with E-state index in [1.807, 2.05) is 0 Å². The Bertz CT molecular complexity index is 871. The molecule has 0 aromatic carbocycles. The van der Waals surface area contributed by atoms with Crippen LogP contribution in [0.5, 0.6) is 0 Å². The van der Waals surface area contributed by atoms with E-state index < -0.39 is 0 Å². The summed E-state index contributed by atoms with van der Waals surface area (Å²) in [6.07, 6.45) is 13.5. The van der Waals surface area contributed by atoms with Crippen LogP contribution in [-0.2, 0) is 19.1 Å². The van der Waals surface area contributed by atoms with Gasteiger partial charge in [0.1, 0.15) is 12.2 Å². The van der Waals surface area contributed by atoms with Crippen molar-refractivity contribution in [3.63, 3.8) is 0 Å². The Kier molecular flexibility index (Phi) is 8.79. The maximum Gasteiger partial charge on any atom is 0.319 e. The molecule has 4 aliphatic carbocycles. The summed E-state index contributed by atoms with van der Waals surface area (Å²) < 4.78 is 11.6. The summed E-state index contributed by atoms with van der Waals surface area (Å²) in [5.74, 6) is 3.10. The fourth-order valence-electron chi connectivity index (χ4n) is 9.27. The standard InChI is InChI=1S/C31H52N2O4/c1-19(2)6-11-27(37-29(35)18-33)20(3)24-9-10-25-23-8-7-21-16-22(36-28(34)17-32)12-14-30(21,4)26(23)13-15-31(24,25)5/h7,19-20,22-27H,6,8-18,32-33H2,1-5H3/t20-,22?,23?,24?,25?,26?,27?,30?,31?/m0/s1. The quantitative estimate of drug-likeness (QED) is 0.315. The molecule has 3 fully saturated rings. The van der Waals surface area contributed by atoms with Gasteiger partial charge in [-0.3, -0.25) is 9.59 Å². The van der Waals surface area contributed by atoms with Gasteiger partial charge in [-0.15, -0.1) is 0 Å². The smallest absolute Gasteiger partial charge is 0.319 e. The average Bonchev–Trinajstić information content (AvgIpc) is 3.23. The Morgan fingerprint density at radius 2 is 1.70 bits per heavy atom. The number of carbonyl (C=O) groups is 2. The van der Waals surface area contributed by atoms with Crippen LogP contribution in [0, 0.1) is 46.3 Å². The number of rotatable bonds is 9. The van der Waals surface area contributed by atoms with Gasteiger partial charge in [0.05, 0.1) is 13.1 Å². The molecule has 6 nitrogen and oxygen atoms in total. The lowest BCUT2D eigenvalue weighted by Gasteiger charge is -2.58. The van der Waals surface area contributed by atoms with E-state index in [2.05, 4.69) is 40.7 Å². The highest BCUT2D eigenvalue weighted by Gasteiger charge is 2.60. The van der Waals surface area contributed by atoms with Crippen molar-refractivity contribution in [1.29, 1.82) is 0 Å². The highest BCUT2D eigenvalue weighted by molar-refractivity contribution is 5.71. The molecule has 8 unspecified atom stereocenters. The molecule has 0 radical (unpaired) electrons. The zero-order chi connectivity index (χ0) is 27.0. The van der Waals surface area contributed by atoms with Crippen LogP contribution in [0.25, 0.3) is 0 Å².